The molecule has 0 aliphatic heterocycles. The average Bonchev–Trinajstić information content (AvgIpc) is 2.53. The number of aryl methyl sites for hydroxylation is 2. The van der Waals surface area contributed by atoms with Crippen LogP contribution in [0.2, 0.25) is 0 Å². The molecule has 25 heavy (non-hydrogen) atoms. The monoisotopic (exact) mass is 362 g/mol. The van der Waals surface area contributed by atoms with Crippen molar-refractivity contribution in [1.82, 2.24) is 9.97 Å². The van der Waals surface area contributed by atoms with Crippen LogP contribution in [0.25, 0.3) is 0 Å². The Morgan fingerprint density at radius 1 is 1.12 bits per heavy atom. The lowest BCUT2D eigenvalue weighted by Crippen LogP contribution is -2.20. The molecule has 2 rings (SSSR count). The highest BCUT2D eigenvalue weighted by Crippen LogP contribution is 2.18. The molecule has 0 saturated carbocycles. The van der Waals surface area contributed by atoms with Gasteiger partial charge in [-0.25, -0.2) is 23.1 Å². The molecule has 1 atom stereocenters. The predicted octanol–water partition coefficient (Wildman–Crippen LogP) is 2.88. The largest absolute Gasteiger partial charge is 0.326 e. The van der Waals surface area contributed by atoms with E-state index in [-0.39, 0.29) is 22.7 Å². The van der Waals surface area contributed by atoms with Crippen LogP contribution < -0.4 is 10.0 Å². The smallest absolute Gasteiger partial charge is 0.264 e. The first kappa shape index (κ1) is 18.9. The number of carbonyl (C=O) groups excluding carboxylic acids is 1. The molecule has 0 radical (unpaired) electrons. The lowest BCUT2D eigenvalue weighted by molar-refractivity contribution is -0.119. The summed E-state index contributed by atoms with van der Waals surface area (Å²) < 4.78 is 27.2. The van der Waals surface area contributed by atoms with Gasteiger partial charge in [-0.3, -0.25) is 4.79 Å². The summed E-state index contributed by atoms with van der Waals surface area (Å²) in [7, 11) is -3.80. The molecule has 1 aromatic carbocycles. The Morgan fingerprint density at radius 3 is 2.20 bits per heavy atom. The molecule has 1 heterocycles. The van der Waals surface area contributed by atoms with Gasteiger partial charge in [0.05, 0.1) is 4.90 Å². The number of aromatic nitrogens is 2. The highest BCUT2D eigenvalue weighted by atomic mass is 32.2. The molecule has 0 saturated heterocycles. The summed E-state index contributed by atoms with van der Waals surface area (Å²) in [5, 5.41) is 2.76. The summed E-state index contributed by atoms with van der Waals surface area (Å²) >= 11 is 0. The van der Waals surface area contributed by atoms with Crippen LogP contribution in [0.5, 0.6) is 0 Å². The fourth-order valence-electron chi connectivity index (χ4n) is 2.12. The minimum absolute atomic E-state index is 0.0339. The van der Waals surface area contributed by atoms with E-state index in [1.807, 2.05) is 13.8 Å². The zero-order valence-corrected chi connectivity index (χ0v) is 15.5. The van der Waals surface area contributed by atoms with E-state index in [0.29, 0.717) is 17.1 Å². The van der Waals surface area contributed by atoms with Crippen LogP contribution in [0.3, 0.4) is 0 Å². The molecular weight excluding hydrogens is 340 g/mol. The molecule has 1 amide bonds. The third kappa shape index (κ3) is 4.99. The van der Waals surface area contributed by atoms with Crippen LogP contribution >= 0.6 is 0 Å². The maximum Gasteiger partial charge on any atom is 0.264 e. The molecule has 1 unspecified atom stereocenters. The summed E-state index contributed by atoms with van der Waals surface area (Å²) in [5.41, 5.74) is 1.90. The summed E-state index contributed by atoms with van der Waals surface area (Å²) in [6, 6.07) is 7.72. The topological polar surface area (TPSA) is 101 Å². The number of sulfonamides is 1. The van der Waals surface area contributed by atoms with E-state index in [9.17, 15) is 13.2 Å². The molecule has 0 aliphatic rings. The second kappa shape index (κ2) is 7.60. The number of benzene rings is 1. The Hall–Kier alpha value is -2.48. The van der Waals surface area contributed by atoms with Crippen molar-refractivity contribution in [2.24, 2.45) is 5.92 Å². The number of rotatable bonds is 6. The molecule has 0 aliphatic carbocycles. The number of amides is 1. The van der Waals surface area contributed by atoms with Crippen LogP contribution in [0, 0.1) is 19.8 Å². The summed E-state index contributed by atoms with van der Waals surface area (Å²) in [6.45, 7) is 7.30. The van der Waals surface area contributed by atoms with E-state index in [4.69, 9.17) is 0 Å². The van der Waals surface area contributed by atoms with Gasteiger partial charge in [0.1, 0.15) is 0 Å². The Morgan fingerprint density at radius 2 is 1.68 bits per heavy atom. The third-order valence-electron chi connectivity index (χ3n) is 3.70. The highest BCUT2D eigenvalue weighted by Gasteiger charge is 2.17. The fraction of sp³-hybridized carbons (Fsp3) is 0.353. The second-order valence-electron chi connectivity index (χ2n) is 5.90. The van der Waals surface area contributed by atoms with Crippen molar-refractivity contribution in [3.63, 3.8) is 0 Å². The molecule has 2 N–H and O–H groups in total. The number of carbonyl (C=O) groups is 1. The molecule has 2 aromatic rings. The van der Waals surface area contributed by atoms with Crippen LogP contribution in [-0.4, -0.2) is 24.3 Å². The van der Waals surface area contributed by atoms with E-state index in [2.05, 4.69) is 20.0 Å². The maximum atomic E-state index is 12.4. The molecule has 0 fully saturated rings. The van der Waals surface area contributed by atoms with Gasteiger partial charge in [0.2, 0.25) is 11.9 Å². The summed E-state index contributed by atoms with van der Waals surface area (Å²) in [4.78, 5) is 20.1. The van der Waals surface area contributed by atoms with Gasteiger partial charge in [0, 0.05) is 23.0 Å². The fourth-order valence-corrected chi connectivity index (χ4v) is 3.06. The average molecular weight is 362 g/mol. The quantitative estimate of drug-likeness (QED) is 0.823. The first-order valence-electron chi connectivity index (χ1n) is 7.97. The van der Waals surface area contributed by atoms with Gasteiger partial charge in [-0.2, -0.15) is 0 Å². The van der Waals surface area contributed by atoms with Crippen LogP contribution in [-0.2, 0) is 14.8 Å². The van der Waals surface area contributed by atoms with Crippen molar-refractivity contribution in [3.8, 4) is 0 Å². The maximum absolute atomic E-state index is 12.4. The van der Waals surface area contributed by atoms with Gasteiger partial charge in [0.25, 0.3) is 10.0 Å². The van der Waals surface area contributed by atoms with Gasteiger partial charge >= 0.3 is 0 Å². The van der Waals surface area contributed by atoms with E-state index in [1.54, 1.807) is 32.0 Å². The molecule has 134 valence electrons. The predicted molar refractivity (Wildman–Crippen MR) is 96.8 cm³/mol. The van der Waals surface area contributed by atoms with Gasteiger partial charge < -0.3 is 5.32 Å². The Labute approximate surface area is 148 Å². The van der Waals surface area contributed by atoms with Crippen LogP contribution in [0.4, 0.5) is 11.6 Å². The van der Waals surface area contributed by atoms with Crippen LogP contribution in [0.1, 0.15) is 31.7 Å². The molecule has 1 aromatic heterocycles. The van der Waals surface area contributed by atoms with E-state index < -0.39 is 10.0 Å². The van der Waals surface area contributed by atoms with Crippen molar-refractivity contribution in [1.29, 1.82) is 0 Å². The Bertz CT molecular complexity index is 844. The zero-order chi connectivity index (χ0) is 18.6. The number of nitrogens with one attached hydrogen (secondary N) is 2. The van der Waals surface area contributed by atoms with Gasteiger partial charge in [-0.1, -0.05) is 13.8 Å². The van der Waals surface area contributed by atoms with E-state index >= 15 is 0 Å². The van der Waals surface area contributed by atoms with Crippen molar-refractivity contribution >= 4 is 27.6 Å². The van der Waals surface area contributed by atoms with E-state index in [1.165, 1.54) is 12.1 Å². The molecule has 0 bridgehead atoms. The lowest BCUT2D eigenvalue weighted by Gasteiger charge is -2.11. The number of hydrogen-bond acceptors (Lipinski definition) is 5. The van der Waals surface area contributed by atoms with Gasteiger partial charge in [0.15, 0.2) is 0 Å². The number of anilines is 2. The number of hydrogen-bond donors (Lipinski definition) is 2. The molecule has 0 spiro atoms. The van der Waals surface area contributed by atoms with Crippen LogP contribution in [0.15, 0.2) is 35.2 Å². The first-order valence-corrected chi connectivity index (χ1v) is 9.45. The minimum Gasteiger partial charge on any atom is -0.326 e. The molecule has 7 nitrogen and oxygen atoms in total. The Balaban J connectivity index is 2.16. The van der Waals surface area contributed by atoms with Gasteiger partial charge in [-0.15, -0.1) is 0 Å². The molecule has 8 heteroatoms. The van der Waals surface area contributed by atoms with Crippen molar-refractivity contribution in [2.45, 2.75) is 39.0 Å². The summed E-state index contributed by atoms with van der Waals surface area (Å²) in [6.07, 6.45) is 0.734. The minimum atomic E-state index is -3.80. The Kier molecular flexibility index (Phi) is 5.73. The highest BCUT2D eigenvalue weighted by molar-refractivity contribution is 7.92. The SMILES string of the molecule is CCC(C)C(=O)Nc1ccc(S(=O)(=O)Nc2nc(C)cc(C)n2)cc1. The lowest BCUT2D eigenvalue weighted by atomic mass is 10.1. The third-order valence-corrected chi connectivity index (χ3v) is 5.04. The zero-order valence-electron chi connectivity index (χ0n) is 14.7. The number of nitrogens with zero attached hydrogens (tertiary/aromatic N) is 2. The molecular formula is C17H22N4O3S. The van der Waals surface area contributed by atoms with Crippen molar-refractivity contribution in [3.05, 3.63) is 41.7 Å². The normalized spacial score (nSPS) is 12.5. The van der Waals surface area contributed by atoms with Gasteiger partial charge in [-0.05, 0) is 50.6 Å². The second-order valence-corrected chi connectivity index (χ2v) is 7.59. The summed E-state index contributed by atoms with van der Waals surface area (Å²) in [5.74, 6) is -0.168. The van der Waals surface area contributed by atoms with E-state index in [0.717, 1.165) is 6.42 Å². The standard InChI is InChI=1S/C17H22N4O3S/c1-5-11(2)16(22)20-14-6-8-15(9-7-14)25(23,24)21-17-18-12(3)10-13(4)19-17/h6-11H,5H2,1-4H3,(H,20,22)(H,18,19,21). The first-order chi connectivity index (χ1) is 11.7. The van der Waals surface area contributed by atoms with Crippen molar-refractivity contribution < 1.29 is 13.2 Å². The van der Waals surface area contributed by atoms with Crippen molar-refractivity contribution in [2.75, 3.05) is 10.0 Å².